The Morgan fingerprint density at radius 1 is 1.04 bits per heavy atom. The Bertz CT molecular complexity index is 693. The number of carbonyl (C=O) groups excluding carboxylic acids is 2. The first kappa shape index (κ1) is 16.7. The topological polar surface area (TPSA) is 58.2 Å². The van der Waals surface area contributed by atoms with Gasteiger partial charge in [-0.1, -0.05) is 36.4 Å². The van der Waals surface area contributed by atoms with Crippen molar-refractivity contribution in [2.24, 2.45) is 0 Å². The van der Waals surface area contributed by atoms with Gasteiger partial charge in [-0.25, -0.2) is 0 Å². The normalized spacial score (nSPS) is 11.6. The van der Waals surface area contributed by atoms with Crippen LogP contribution < -0.4 is 10.6 Å². The Morgan fingerprint density at radius 3 is 2.30 bits per heavy atom. The lowest BCUT2D eigenvalue weighted by molar-refractivity contribution is -0.121. The number of anilines is 1. The molecule has 0 heterocycles. The summed E-state index contributed by atoms with van der Waals surface area (Å²) in [7, 11) is 0. The molecule has 2 rings (SSSR count). The fourth-order valence-corrected chi connectivity index (χ4v) is 2.54. The van der Waals surface area contributed by atoms with Crippen LogP contribution in [0.4, 0.5) is 5.69 Å². The summed E-state index contributed by atoms with van der Waals surface area (Å²) >= 11 is 0. The van der Waals surface area contributed by atoms with Crippen molar-refractivity contribution in [1.29, 1.82) is 0 Å². The van der Waals surface area contributed by atoms with Crippen molar-refractivity contribution in [2.45, 2.75) is 33.2 Å². The van der Waals surface area contributed by atoms with Gasteiger partial charge in [0.25, 0.3) is 0 Å². The van der Waals surface area contributed by atoms with E-state index in [1.54, 1.807) is 12.1 Å². The molecule has 4 heteroatoms. The van der Waals surface area contributed by atoms with Gasteiger partial charge in [-0.15, -0.1) is 0 Å². The molecular weight excluding hydrogens is 288 g/mol. The fraction of sp³-hybridized carbons (Fsp3) is 0.263. The Kier molecular flexibility index (Phi) is 5.52. The maximum Gasteiger partial charge on any atom is 0.224 e. The molecule has 4 nitrogen and oxygen atoms in total. The lowest BCUT2D eigenvalue weighted by Crippen LogP contribution is -2.28. The monoisotopic (exact) mass is 310 g/mol. The van der Waals surface area contributed by atoms with E-state index in [1.165, 1.54) is 12.5 Å². The van der Waals surface area contributed by atoms with Gasteiger partial charge in [0.2, 0.25) is 11.8 Å². The first-order valence-electron chi connectivity index (χ1n) is 7.67. The van der Waals surface area contributed by atoms with Crippen LogP contribution in [0.1, 0.15) is 36.6 Å². The van der Waals surface area contributed by atoms with Gasteiger partial charge in [0.05, 0.1) is 12.5 Å². The standard InChI is InChI=1S/C19H22N2O2/c1-13-6-4-5-7-18(13)14(2)20-19(23)12-16-8-10-17(11-9-16)21-15(3)22/h4-11,14H,12H2,1-3H3,(H,20,23)(H,21,22). The Labute approximate surface area is 136 Å². The molecule has 0 saturated carbocycles. The molecule has 0 aromatic heterocycles. The van der Waals surface area contributed by atoms with Crippen molar-refractivity contribution in [3.8, 4) is 0 Å². The maximum atomic E-state index is 12.2. The van der Waals surface area contributed by atoms with Gasteiger partial charge in [0, 0.05) is 12.6 Å². The molecule has 0 aliphatic rings. The summed E-state index contributed by atoms with van der Waals surface area (Å²) in [5, 5.41) is 5.73. The number of hydrogen-bond donors (Lipinski definition) is 2. The van der Waals surface area contributed by atoms with E-state index < -0.39 is 0 Å². The molecule has 0 spiro atoms. The molecule has 23 heavy (non-hydrogen) atoms. The van der Waals surface area contributed by atoms with Gasteiger partial charge in [0.1, 0.15) is 0 Å². The highest BCUT2D eigenvalue weighted by molar-refractivity contribution is 5.88. The second-order valence-corrected chi connectivity index (χ2v) is 5.70. The van der Waals surface area contributed by atoms with Gasteiger partial charge >= 0.3 is 0 Å². The number of carbonyl (C=O) groups is 2. The molecule has 2 amide bonds. The van der Waals surface area contributed by atoms with Crippen molar-refractivity contribution in [2.75, 3.05) is 5.32 Å². The molecule has 0 bridgehead atoms. The molecule has 120 valence electrons. The molecule has 0 aliphatic carbocycles. The van der Waals surface area contributed by atoms with Crippen LogP contribution >= 0.6 is 0 Å². The lowest BCUT2D eigenvalue weighted by atomic mass is 10.0. The molecule has 2 aromatic carbocycles. The van der Waals surface area contributed by atoms with E-state index in [4.69, 9.17) is 0 Å². The predicted molar refractivity (Wildman–Crippen MR) is 92.2 cm³/mol. The van der Waals surface area contributed by atoms with E-state index in [2.05, 4.69) is 10.6 Å². The average molecular weight is 310 g/mol. The van der Waals surface area contributed by atoms with E-state index in [0.29, 0.717) is 6.42 Å². The molecular formula is C19H22N2O2. The van der Waals surface area contributed by atoms with Crippen LogP contribution in [0.2, 0.25) is 0 Å². The van der Waals surface area contributed by atoms with Crippen LogP contribution in [0.25, 0.3) is 0 Å². The summed E-state index contributed by atoms with van der Waals surface area (Å²) in [6.07, 6.45) is 0.316. The van der Waals surface area contributed by atoms with E-state index >= 15 is 0 Å². The number of aryl methyl sites for hydroxylation is 1. The first-order chi connectivity index (χ1) is 11.0. The third-order valence-electron chi connectivity index (χ3n) is 3.67. The van der Waals surface area contributed by atoms with Crippen molar-refractivity contribution >= 4 is 17.5 Å². The smallest absolute Gasteiger partial charge is 0.224 e. The molecule has 2 N–H and O–H groups in total. The van der Waals surface area contributed by atoms with Crippen LogP contribution in [-0.4, -0.2) is 11.8 Å². The van der Waals surface area contributed by atoms with Gasteiger partial charge in [0.15, 0.2) is 0 Å². The summed E-state index contributed by atoms with van der Waals surface area (Å²) in [4.78, 5) is 23.2. The Balaban J connectivity index is 1.94. The van der Waals surface area contributed by atoms with Crippen LogP contribution in [0.15, 0.2) is 48.5 Å². The molecule has 0 fully saturated rings. The summed E-state index contributed by atoms with van der Waals surface area (Å²) in [6.45, 7) is 5.49. The van der Waals surface area contributed by atoms with E-state index in [0.717, 1.165) is 16.8 Å². The second-order valence-electron chi connectivity index (χ2n) is 5.70. The Morgan fingerprint density at radius 2 is 1.70 bits per heavy atom. The maximum absolute atomic E-state index is 12.2. The fourth-order valence-electron chi connectivity index (χ4n) is 2.54. The minimum Gasteiger partial charge on any atom is -0.349 e. The average Bonchev–Trinajstić information content (AvgIpc) is 2.49. The highest BCUT2D eigenvalue weighted by Gasteiger charge is 2.11. The number of nitrogens with one attached hydrogen (secondary N) is 2. The molecule has 0 radical (unpaired) electrons. The SMILES string of the molecule is CC(=O)Nc1ccc(CC(=O)NC(C)c2ccccc2C)cc1. The lowest BCUT2D eigenvalue weighted by Gasteiger charge is -2.16. The van der Waals surface area contributed by atoms with E-state index in [-0.39, 0.29) is 17.9 Å². The van der Waals surface area contributed by atoms with Crippen LogP contribution in [0, 0.1) is 6.92 Å². The summed E-state index contributed by atoms with van der Waals surface area (Å²) in [5.74, 6) is -0.129. The number of amides is 2. The second kappa shape index (κ2) is 7.58. The van der Waals surface area contributed by atoms with Gasteiger partial charge in [-0.2, -0.15) is 0 Å². The minimum atomic E-state index is -0.109. The highest BCUT2D eigenvalue weighted by Crippen LogP contribution is 2.17. The van der Waals surface area contributed by atoms with Crippen molar-refractivity contribution < 1.29 is 9.59 Å². The van der Waals surface area contributed by atoms with Crippen LogP contribution in [0.3, 0.4) is 0 Å². The summed E-state index contributed by atoms with van der Waals surface area (Å²) < 4.78 is 0. The van der Waals surface area contributed by atoms with Crippen molar-refractivity contribution in [3.63, 3.8) is 0 Å². The minimum absolute atomic E-state index is 0.0203. The number of rotatable bonds is 5. The number of benzene rings is 2. The summed E-state index contributed by atoms with van der Waals surface area (Å²) in [5.41, 5.74) is 3.94. The van der Waals surface area contributed by atoms with Gasteiger partial charge < -0.3 is 10.6 Å². The third kappa shape index (κ3) is 4.95. The quantitative estimate of drug-likeness (QED) is 0.889. The Hall–Kier alpha value is -2.62. The van der Waals surface area contributed by atoms with Crippen LogP contribution in [0.5, 0.6) is 0 Å². The molecule has 2 aromatic rings. The van der Waals surface area contributed by atoms with E-state index in [9.17, 15) is 9.59 Å². The molecule has 0 saturated heterocycles. The van der Waals surface area contributed by atoms with Crippen LogP contribution in [-0.2, 0) is 16.0 Å². The third-order valence-corrected chi connectivity index (χ3v) is 3.67. The largest absolute Gasteiger partial charge is 0.349 e. The van der Waals surface area contributed by atoms with Gasteiger partial charge in [-0.3, -0.25) is 9.59 Å². The first-order valence-corrected chi connectivity index (χ1v) is 7.67. The molecule has 1 unspecified atom stereocenters. The van der Waals surface area contributed by atoms with Crippen molar-refractivity contribution in [1.82, 2.24) is 5.32 Å². The summed E-state index contributed by atoms with van der Waals surface area (Å²) in [6, 6.07) is 15.3. The number of hydrogen-bond acceptors (Lipinski definition) is 2. The zero-order valence-corrected chi connectivity index (χ0v) is 13.7. The predicted octanol–water partition coefficient (Wildman–Crippen LogP) is 3.37. The highest BCUT2D eigenvalue weighted by atomic mass is 16.2. The molecule has 1 atom stereocenters. The zero-order chi connectivity index (χ0) is 16.8. The van der Waals surface area contributed by atoms with Crippen molar-refractivity contribution in [3.05, 3.63) is 65.2 Å². The van der Waals surface area contributed by atoms with Gasteiger partial charge in [-0.05, 0) is 42.7 Å². The zero-order valence-electron chi connectivity index (χ0n) is 13.7. The molecule has 0 aliphatic heterocycles. The van der Waals surface area contributed by atoms with E-state index in [1.807, 2.05) is 50.2 Å².